The Balaban J connectivity index is 1.47. The second-order valence-electron chi connectivity index (χ2n) is 7.25. The molecule has 3 heterocycles. The molecule has 2 aliphatic rings. The number of ether oxygens (including phenoxy) is 1. The molecule has 5 heteroatoms. The van der Waals surface area contributed by atoms with E-state index in [-0.39, 0.29) is 5.56 Å². The molecule has 0 aliphatic carbocycles. The first kappa shape index (κ1) is 16.3. The van der Waals surface area contributed by atoms with Crippen molar-refractivity contribution in [2.24, 2.45) is 5.92 Å². The first-order valence-electron chi connectivity index (χ1n) is 9.27. The molecule has 0 bridgehead atoms. The molecule has 0 spiro atoms. The van der Waals surface area contributed by atoms with Crippen LogP contribution in [-0.2, 0) is 4.74 Å². The van der Waals surface area contributed by atoms with Crippen molar-refractivity contribution in [2.45, 2.75) is 38.1 Å². The van der Waals surface area contributed by atoms with Crippen LogP contribution in [-0.4, -0.2) is 31.7 Å². The molecule has 1 unspecified atom stereocenters. The molecule has 2 fully saturated rings. The fourth-order valence-electron chi connectivity index (χ4n) is 4.44. The number of hydrogen-bond acceptors (Lipinski definition) is 4. The highest BCUT2D eigenvalue weighted by Gasteiger charge is 2.37. The Morgan fingerprint density at radius 1 is 1.16 bits per heavy atom. The van der Waals surface area contributed by atoms with Crippen molar-refractivity contribution >= 4 is 16.9 Å². The minimum absolute atomic E-state index is 0.0117. The molecule has 0 saturated carbocycles. The second-order valence-corrected chi connectivity index (χ2v) is 7.25. The van der Waals surface area contributed by atoms with Crippen LogP contribution >= 0.6 is 0 Å². The lowest BCUT2D eigenvalue weighted by Gasteiger charge is -2.40. The van der Waals surface area contributed by atoms with Crippen molar-refractivity contribution in [3.8, 4) is 0 Å². The topological polar surface area (TPSA) is 61.0 Å². The molecular weight excluding hydrogens is 318 g/mol. The largest absolute Gasteiger partial charge is 0.461 e. The lowest BCUT2D eigenvalue weighted by Crippen LogP contribution is -3.18. The fraction of sp³-hybridized carbons (Fsp3) is 0.500. The van der Waals surface area contributed by atoms with Crippen molar-refractivity contribution in [1.82, 2.24) is 0 Å². The molecule has 4 rings (SSSR count). The number of esters is 1. The van der Waals surface area contributed by atoms with Crippen LogP contribution < -0.4 is 10.5 Å². The molecule has 0 amide bonds. The van der Waals surface area contributed by atoms with E-state index in [2.05, 4.69) is 0 Å². The maximum atomic E-state index is 12.4. The number of benzene rings is 1. The van der Waals surface area contributed by atoms with Gasteiger partial charge in [0.25, 0.3) is 0 Å². The third-order valence-electron chi connectivity index (χ3n) is 5.72. The summed E-state index contributed by atoms with van der Waals surface area (Å²) in [5.74, 6) is -0.164. The summed E-state index contributed by atoms with van der Waals surface area (Å²) in [6.07, 6.45) is 6.08. The molecule has 1 aromatic carbocycles. The van der Waals surface area contributed by atoms with Gasteiger partial charge in [-0.2, -0.15) is 0 Å². The standard InChI is InChI=1S/C20H23NO4/c22-19(16-12-14-6-1-2-9-18(14)25-20(16)23)24-13-15-7-5-11-21-10-4-3-8-17(15)21/h1-2,6,9,12,15,17H,3-5,7-8,10-11,13H2/p+1/t15-,17-/m0/s1. The lowest BCUT2D eigenvalue weighted by molar-refractivity contribution is -0.940. The molecule has 3 atom stereocenters. The number of carbonyl (C=O) groups excluding carboxylic acids is 1. The van der Waals surface area contributed by atoms with Crippen LogP contribution in [0, 0.1) is 5.92 Å². The third-order valence-corrected chi connectivity index (χ3v) is 5.72. The zero-order chi connectivity index (χ0) is 17.2. The lowest BCUT2D eigenvalue weighted by atomic mass is 9.84. The Morgan fingerprint density at radius 3 is 2.92 bits per heavy atom. The molecule has 1 aromatic heterocycles. The van der Waals surface area contributed by atoms with E-state index in [1.807, 2.05) is 12.1 Å². The molecule has 2 aromatic rings. The zero-order valence-corrected chi connectivity index (χ0v) is 14.3. The summed E-state index contributed by atoms with van der Waals surface area (Å²) in [4.78, 5) is 26.2. The highest BCUT2D eigenvalue weighted by atomic mass is 16.5. The Labute approximate surface area is 146 Å². The predicted octanol–water partition coefficient (Wildman–Crippen LogP) is 1.80. The molecule has 2 saturated heterocycles. The van der Waals surface area contributed by atoms with Crippen LogP contribution in [0.25, 0.3) is 11.0 Å². The van der Waals surface area contributed by atoms with E-state index >= 15 is 0 Å². The van der Waals surface area contributed by atoms with Crippen LogP contribution in [0.2, 0.25) is 0 Å². The van der Waals surface area contributed by atoms with Crippen molar-refractivity contribution < 1.29 is 18.8 Å². The van der Waals surface area contributed by atoms with E-state index in [0.717, 1.165) is 11.8 Å². The quantitative estimate of drug-likeness (QED) is 0.682. The Hall–Kier alpha value is -2.14. The maximum absolute atomic E-state index is 12.4. The van der Waals surface area contributed by atoms with Gasteiger partial charge in [0.15, 0.2) is 0 Å². The van der Waals surface area contributed by atoms with Gasteiger partial charge < -0.3 is 14.1 Å². The van der Waals surface area contributed by atoms with E-state index in [4.69, 9.17) is 9.15 Å². The Kier molecular flexibility index (Phi) is 4.57. The highest BCUT2D eigenvalue weighted by molar-refractivity contribution is 5.92. The van der Waals surface area contributed by atoms with Gasteiger partial charge in [-0.05, 0) is 44.2 Å². The summed E-state index contributed by atoms with van der Waals surface area (Å²) in [6.45, 7) is 2.88. The second kappa shape index (κ2) is 7.00. The highest BCUT2D eigenvalue weighted by Crippen LogP contribution is 2.21. The van der Waals surface area contributed by atoms with Crippen LogP contribution in [0.5, 0.6) is 0 Å². The van der Waals surface area contributed by atoms with Crippen molar-refractivity contribution in [3.05, 3.63) is 46.3 Å². The number of nitrogens with one attached hydrogen (secondary N) is 1. The van der Waals surface area contributed by atoms with E-state index in [1.54, 1.807) is 23.1 Å². The summed E-state index contributed by atoms with van der Waals surface area (Å²) >= 11 is 0. The first-order valence-corrected chi connectivity index (χ1v) is 9.27. The average Bonchev–Trinajstić information content (AvgIpc) is 2.65. The van der Waals surface area contributed by atoms with Crippen molar-refractivity contribution in [2.75, 3.05) is 19.7 Å². The third kappa shape index (κ3) is 3.33. The van der Waals surface area contributed by atoms with Crippen molar-refractivity contribution in [1.29, 1.82) is 0 Å². The number of hydrogen-bond donors (Lipinski definition) is 1. The van der Waals surface area contributed by atoms with Gasteiger partial charge in [-0.15, -0.1) is 0 Å². The van der Waals surface area contributed by atoms with Crippen LogP contribution in [0.4, 0.5) is 0 Å². The van der Waals surface area contributed by atoms with Gasteiger partial charge in [0, 0.05) is 11.3 Å². The summed E-state index contributed by atoms with van der Waals surface area (Å²) in [5, 5.41) is 0.731. The zero-order valence-electron chi connectivity index (χ0n) is 14.3. The molecule has 5 nitrogen and oxygen atoms in total. The minimum atomic E-state index is -0.628. The van der Waals surface area contributed by atoms with Crippen LogP contribution in [0.1, 0.15) is 42.5 Å². The fourth-order valence-corrected chi connectivity index (χ4v) is 4.44. The molecule has 2 aliphatic heterocycles. The van der Waals surface area contributed by atoms with Gasteiger partial charge >= 0.3 is 11.6 Å². The van der Waals surface area contributed by atoms with Crippen LogP contribution in [0.15, 0.2) is 39.5 Å². The number of quaternary nitrogens is 1. The Morgan fingerprint density at radius 2 is 2.00 bits per heavy atom. The SMILES string of the molecule is O=C(OC[C@@H]1CCC[NH+]2CCCC[C@@H]12)c1cc2ccccc2oc1=O. The average molecular weight is 342 g/mol. The Bertz CT molecular complexity index is 826. The molecular formula is C20H24NO4+. The molecule has 0 radical (unpaired) electrons. The van der Waals surface area contributed by atoms with Crippen LogP contribution in [0.3, 0.4) is 0 Å². The summed E-state index contributed by atoms with van der Waals surface area (Å²) in [5.41, 5.74) is -0.155. The maximum Gasteiger partial charge on any atom is 0.351 e. The van der Waals surface area contributed by atoms with Gasteiger partial charge in [-0.25, -0.2) is 9.59 Å². The van der Waals surface area contributed by atoms with Gasteiger partial charge in [0.1, 0.15) is 17.8 Å². The first-order chi connectivity index (χ1) is 12.2. The smallest absolute Gasteiger partial charge is 0.351 e. The van der Waals surface area contributed by atoms with E-state index < -0.39 is 11.6 Å². The summed E-state index contributed by atoms with van der Waals surface area (Å²) in [6, 6.07) is 9.35. The monoisotopic (exact) mass is 342 g/mol. The van der Waals surface area contributed by atoms with E-state index in [1.165, 1.54) is 38.8 Å². The molecule has 25 heavy (non-hydrogen) atoms. The van der Waals surface area contributed by atoms with Gasteiger partial charge in [0.2, 0.25) is 0 Å². The van der Waals surface area contributed by atoms with E-state index in [9.17, 15) is 9.59 Å². The summed E-state index contributed by atoms with van der Waals surface area (Å²) in [7, 11) is 0. The summed E-state index contributed by atoms with van der Waals surface area (Å²) < 4.78 is 10.8. The van der Waals surface area contributed by atoms with Crippen molar-refractivity contribution in [3.63, 3.8) is 0 Å². The normalized spacial score (nSPS) is 26.2. The molecule has 132 valence electrons. The minimum Gasteiger partial charge on any atom is -0.461 e. The predicted molar refractivity (Wildman–Crippen MR) is 93.8 cm³/mol. The van der Waals surface area contributed by atoms with Gasteiger partial charge in [0.05, 0.1) is 19.1 Å². The van der Waals surface area contributed by atoms with Gasteiger partial charge in [-0.1, -0.05) is 18.2 Å². The number of piperidine rings is 2. The van der Waals surface area contributed by atoms with Gasteiger partial charge in [-0.3, -0.25) is 0 Å². The van der Waals surface area contributed by atoms with E-state index in [0.29, 0.717) is 24.1 Å². The number of para-hydroxylation sites is 1. The number of carbonyl (C=O) groups is 1. The number of rotatable bonds is 3. The number of fused-ring (bicyclic) bond motifs is 2. The molecule has 1 N–H and O–H groups in total.